The van der Waals surface area contributed by atoms with E-state index in [9.17, 15) is 0 Å². The number of aromatic nitrogens is 2. The minimum atomic E-state index is 0.314. The van der Waals surface area contributed by atoms with Crippen molar-refractivity contribution < 1.29 is 0 Å². The summed E-state index contributed by atoms with van der Waals surface area (Å²) in [5.41, 5.74) is 7.20. The van der Waals surface area contributed by atoms with Crippen LogP contribution in [0.1, 0.15) is 43.2 Å². The second-order valence-corrected chi connectivity index (χ2v) is 5.04. The molecule has 2 unspecified atom stereocenters. The predicted molar refractivity (Wildman–Crippen MR) is 63.1 cm³/mol. The van der Waals surface area contributed by atoms with Crippen LogP contribution >= 0.6 is 0 Å². The molecule has 3 heterocycles. The summed E-state index contributed by atoms with van der Waals surface area (Å²) in [5.74, 6) is 1.23. The summed E-state index contributed by atoms with van der Waals surface area (Å²) in [4.78, 5) is 4.75. The van der Waals surface area contributed by atoms with Crippen LogP contribution in [0.3, 0.4) is 0 Å². The molecule has 1 fully saturated rings. The summed E-state index contributed by atoms with van der Waals surface area (Å²) in [7, 11) is 0. The molecule has 4 nitrogen and oxygen atoms in total. The molecule has 0 spiro atoms. The third kappa shape index (κ3) is 1.87. The molecule has 0 saturated carbocycles. The van der Waals surface area contributed by atoms with Gasteiger partial charge in [0.15, 0.2) is 0 Å². The normalized spacial score (nSPS) is 30.1. The van der Waals surface area contributed by atoms with Crippen LogP contribution in [0, 0.1) is 0 Å². The molecular formula is C12H20N4. The van der Waals surface area contributed by atoms with E-state index in [2.05, 4.69) is 16.1 Å². The molecule has 2 atom stereocenters. The molecule has 3 rings (SSSR count). The van der Waals surface area contributed by atoms with Gasteiger partial charge in [0, 0.05) is 25.2 Å². The lowest BCUT2D eigenvalue weighted by Gasteiger charge is -2.21. The highest BCUT2D eigenvalue weighted by Gasteiger charge is 2.22. The first kappa shape index (κ1) is 10.3. The topological polar surface area (TPSA) is 55.9 Å². The van der Waals surface area contributed by atoms with Crippen molar-refractivity contribution >= 4 is 0 Å². The summed E-state index contributed by atoms with van der Waals surface area (Å²) < 4.78 is 2.25. The van der Waals surface area contributed by atoms with Crippen molar-refractivity contribution in [2.45, 2.75) is 50.7 Å². The molecule has 1 aromatic rings. The van der Waals surface area contributed by atoms with Crippen molar-refractivity contribution in [3.63, 3.8) is 0 Å². The van der Waals surface area contributed by atoms with Gasteiger partial charge in [0.2, 0.25) is 0 Å². The molecule has 3 N–H and O–H groups in total. The van der Waals surface area contributed by atoms with E-state index in [0.29, 0.717) is 12.1 Å². The van der Waals surface area contributed by atoms with Gasteiger partial charge in [-0.25, -0.2) is 4.98 Å². The van der Waals surface area contributed by atoms with Gasteiger partial charge in [-0.1, -0.05) is 6.42 Å². The lowest BCUT2D eigenvalue weighted by Crippen LogP contribution is -2.31. The molecule has 1 aromatic heterocycles. The number of fused-ring (bicyclic) bond motifs is 1. The summed E-state index contributed by atoms with van der Waals surface area (Å²) in [6.07, 6.45) is 8.16. The number of piperidine rings is 1. The van der Waals surface area contributed by atoms with Gasteiger partial charge >= 0.3 is 0 Å². The van der Waals surface area contributed by atoms with Gasteiger partial charge in [0.25, 0.3) is 0 Å². The first-order valence-corrected chi connectivity index (χ1v) is 6.38. The van der Waals surface area contributed by atoms with Gasteiger partial charge in [-0.15, -0.1) is 0 Å². The maximum absolute atomic E-state index is 5.97. The highest BCUT2D eigenvalue weighted by atomic mass is 15.1. The van der Waals surface area contributed by atoms with E-state index in [-0.39, 0.29) is 0 Å². The third-order valence-electron chi connectivity index (χ3n) is 3.72. The van der Waals surface area contributed by atoms with Crippen LogP contribution in [-0.2, 0) is 13.0 Å². The van der Waals surface area contributed by atoms with Crippen molar-refractivity contribution in [2.24, 2.45) is 5.73 Å². The van der Waals surface area contributed by atoms with Crippen LogP contribution < -0.4 is 11.1 Å². The number of nitrogens with one attached hydrogen (secondary N) is 1. The second-order valence-electron chi connectivity index (χ2n) is 5.04. The Bertz CT molecular complexity index is 365. The fraction of sp³-hybridized carbons (Fsp3) is 0.750. The fourth-order valence-electron chi connectivity index (χ4n) is 2.76. The minimum Gasteiger partial charge on any atom is -0.333 e. The van der Waals surface area contributed by atoms with Crippen LogP contribution in [0.5, 0.6) is 0 Å². The number of hydrogen-bond donors (Lipinski definition) is 2. The van der Waals surface area contributed by atoms with Crippen molar-refractivity contribution in [1.29, 1.82) is 0 Å². The zero-order valence-corrected chi connectivity index (χ0v) is 9.65. The quantitative estimate of drug-likeness (QED) is 0.741. The Kier molecular flexibility index (Phi) is 2.69. The predicted octanol–water partition coefficient (Wildman–Crippen LogP) is 0.971. The van der Waals surface area contributed by atoms with Gasteiger partial charge in [-0.2, -0.15) is 0 Å². The van der Waals surface area contributed by atoms with Gasteiger partial charge < -0.3 is 15.6 Å². The smallest absolute Gasteiger partial charge is 0.109 e. The van der Waals surface area contributed by atoms with Crippen LogP contribution in [-0.4, -0.2) is 22.1 Å². The van der Waals surface area contributed by atoms with E-state index < -0.39 is 0 Å². The Morgan fingerprint density at radius 3 is 3.12 bits per heavy atom. The summed E-state index contributed by atoms with van der Waals surface area (Å²) in [6.45, 7) is 2.07. The number of aryl methyl sites for hydroxylation is 1. The molecule has 0 amide bonds. The van der Waals surface area contributed by atoms with E-state index >= 15 is 0 Å². The molecule has 0 aromatic carbocycles. The van der Waals surface area contributed by atoms with Crippen molar-refractivity contribution in [3.8, 4) is 0 Å². The maximum Gasteiger partial charge on any atom is 0.109 e. The summed E-state index contributed by atoms with van der Waals surface area (Å²) in [5, 5.41) is 3.55. The fourth-order valence-corrected chi connectivity index (χ4v) is 2.76. The molecule has 1 saturated heterocycles. The Labute approximate surface area is 96.2 Å². The molecule has 0 radical (unpaired) electrons. The van der Waals surface area contributed by atoms with Gasteiger partial charge in [-0.3, -0.25) is 0 Å². The molecule has 0 bridgehead atoms. The molecule has 4 heteroatoms. The largest absolute Gasteiger partial charge is 0.333 e. The van der Waals surface area contributed by atoms with Crippen molar-refractivity contribution in [3.05, 3.63) is 17.7 Å². The Balaban J connectivity index is 1.80. The first-order chi connectivity index (χ1) is 7.83. The number of nitrogens with two attached hydrogens (primary N) is 1. The van der Waals surface area contributed by atoms with Crippen LogP contribution in [0.4, 0.5) is 0 Å². The van der Waals surface area contributed by atoms with E-state index in [1.54, 1.807) is 0 Å². The minimum absolute atomic E-state index is 0.314. The zero-order chi connectivity index (χ0) is 11.0. The first-order valence-electron chi connectivity index (χ1n) is 6.38. The molecular weight excluding hydrogens is 200 g/mol. The molecule has 88 valence electrons. The van der Waals surface area contributed by atoms with Crippen molar-refractivity contribution in [2.75, 3.05) is 6.54 Å². The Hall–Kier alpha value is -0.870. The maximum atomic E-state index is 5.97. The Morgan fingerprint density at radius 1 is 1.38 bits per heavy atom. The third-order valence-corrected chi connectivity index (χ3v) is 3.72. The van der Waals surface area contributed by atoms with Gasteiger partial charge in [0.05, 0.1) is 11.7 Å². The highest BCUT2D eigenvalue weighted by molar-refractivity contribution is 5.12. The SMILES string of the molecule is NC1CCc2nc(C3CCCCN3)cn2C1. The van der Waals surface area contributed by atoms with Crippen LogP contribution in [0.15, 0.2) is 6.20 Å². The summed E-state index contributed by atoms with van der Waals surface area (Å²) in [6, 6.07) is 0.789. The van der Waals surface area contributed by atoms with Crippen LogP contribution in [0.2, 0.25) is 0 Å². The van der Waals surface area contributed by atoms with E-state index in [4.69, 9.17) is 10.7 Å². The lowest BCUT2D eigenvalue weighted by molar-refractivity contribution is 0.406. The second kappa shape index (κ2) is 4.18. The lowest BCUT2D eigenvalue weighted by atomic mass is 10.0. The van der Waals surface area contributed by atoms with E-state index in [0.717, 1.165) is 25.9 Å². The number of hydrogen-bond acceptors (Lipinski definition) is 3. The van der Waals surface area contributed by atoms with Gasteiger partial charge in [-0.05, 0) is 25.8 Å². The van der Waals surface area contributed by atoms with E-state index in [1.807, 2.05) is 0 Å². The van der Waals surface area contributed by atoms with Crippen molar-refractivity contribution in [1.82, 2.24) is 14.9 Å². The standard InChI is InChI=1S/C12H20N4/c13-9-4-5-12-15-11(8-16(12)7-9)10-3-1-2-6-14-10/h8-10,14H,1-7,13H2. The summed E-state index contributed by atoms with van der Waals surface area (Å²) >= 11 is 0. The molecule has 0 aliphatic carbocycles. The van der Waals surface area contributed by atoms with E-state index in [1.165, 1.54) is 30.8 Å². The molecule has 16 heavy (non-hydrogen) atoms. The number of imidazole rings is 1. The highest BCUT2D eigenvalue weighted by Crippen LogP contribution is 2.24. The monoisotopic (exact) mass is 220 g/mol. The van der Waals surface area contributed by atoms with Gasteiger partial charge in [0.1, 0.15) is 5.82 Å². The number of nitrogens with zero attached hydrogens (tertiary/aromatic N) is 2. The molecule has 2 aliphatic rings. The molecule has 2 aliphatic heterocycles. The Morgan fingerprint density at radius 2 is 2.31 bits per heavy atom. The van der Waals surface area contributed by atoms with Crippen LogP contribution in [0.25, 0.3) is 0 Å². The average molecular weight is 220 g/mol. The average Bonchev–Trinajstić information content (AvgIpc) is 2.73. The number of rotatable bonds is 1. The zero-order valence-electron chi connectivity index (χ0n) is 9.65.